The van der Waals surface area contributed by atoms with E-state index in [1.807, 2.05) is 49.5 Å². The standard InChI is InChI=1S/C20H24N4O3/c1-15(23-8-10-24(11-9-23)19-4-2-3-7-21-19)20(25)22-13-16-5-6-17-18(12-16)27-14-26-17/h2-7,12,15H,8-11,13-14H2,1H3,(H,22,25). The maximum atomic E-state index is 12.6. The lowest BCUT2D eigenvalue weighted by molar-refractivity contribution is -0.126. The summed E-state index contributed by atoms with van der Waals surface area (Å²) in [5.74, 6) is 2.53. The number of ether oxygens (including phenoxy) is 2. The maximum Gasteiger partial charge on any atom is 0.237 e. The number of piperazine rings is 1. The zero-order chi connectivity index (χ0) is 18.6. The Morgan fingerprint density at radius 1 is 1.15 bits per heavy atom. The van der Waals surface area contributed by atoms with E-state index in [2.05, 4.69) is 20.1 Å². The SMILES string of the molecule is CC(C(=O)NCc1ccc2c(c1)OCO2)N1CCN(c2ccccn2)CC1. The lowest BCUT2D eigenvalue weighted by Crippen LogP contribution is -2.54. The van der Waals surface area contributed by atoms with Crippen LogP contribution in [0.25, 0.3) is 0 Å². The van der Waals surface area contributed by atoms with Crippen LogP contribution in [0.4, 0.5) is 5.82 Å². The molecule has 142 valence electrons. The smallest absolute Gasteiger partial charge is 0.237 e. The average Bonchev–Trinajstić information content (AvgIpc) is 3.20. The normalized spacial score (nSPS) is 17.6. The van der Waals surface area contributed by atoms with Gasteiger partial charge in [0.2, 0.25) is 12.7 Å². The van der Waals surface area contributed by atoms with Gasteiger partial charge in [0.25, 0.3) is 0 Å². The highest BCUT2D eigenvalue weighted by Gasteiger charge is 2.26. The van der Waals surface area contributed by atoms with Crippen molar-refractivity contribution in [2.24, 2.45) is 0 Å². The first-order valence-electron chi connectivity index (χ1n) is 9.27. The lowest BCUT2D eigenvalue weighted by Gasteiger charge is -2.37. The number of hydrogen-bond acceptors (Lipinski definition) is 6. The van der Waals surface area contributed by atoms with Crippen LogP contribution in [0.3, 0.4) is 0 Å². The topological polar surface area (TPSA) is 66.9 Å². The average molecular weight is 368 g/mol. The van der Waals surface area contributed by atoms with Gasteiger partial charge >= 0.3 is 0 Å². The predicted octanol–water partition coefficient (Wildman–Crippen LogP) is 1.64. The first-order valence-corrected chi connectivity index (χ1v) is 9.27. The Morgan fingerprint density at radius 3 is 2.74 bits per heavy atom. The number of amides is 1. The van der Waals surface area contributed by atoms with Gasteiger partial charge in [-0.3, -0.25) is 9.69 Å². The molecule has 0 saturated carbocycles. The van der Waals surface area contributed by atoms with Crippen molar-refractivity contribution >= 4 is 11.7 Å². The molecule has 0 aliphatic carbocycles. The van der Waals surface area contributed by atoms with Gasteiger partial charge in [-0.05, 0) is 36.8 Å². The van der Waals surface area contributed by atoms with Gasteiger partial charge in [0.1, 0.15) is 5.82 Å². The summed E-state index contributed by atoms with van der Waals surface area (Å²) in [7, 11) is 0. The zero-order valence-electron chi connectivity index (χ0n) is 15.4. The third kappa shape index (κ3) is 3.98. The van der Waals surface area contributed by atoms with E-state index in [1.54, 1.807) is 0 Å². The van der Waals surface area contributed by atoms with Crippen LogP contribution in [0.5, 0.6) is 11.5 Å². The summed E-state index contributed by atoms with van der Waals surface area (Å²) < 4.78 is 10.7. The molecule has 0 bridgehead atoms. The van der Waals surface area contributed by atoms with Crippen molar-refractivity contribution in [3.8, 4) is 11.5 Å². The summed E-state index contributed by atoms with van der Waals surface area (Å²) in [4.78, 5) is 21.4. The monoisotopic (exact) mass is 368 g/mol. The van der Waals surface area contributed by atoms with Crippen LogP contribution in [0.15, 0.2) is 42.6 Å². The summed E-state index contributed by atoms with van der Waals surface area (Å²) in [6.07, 6.45) is 1.81. The van der Waals surface area contributed by atoms with Crippen molar-refractivity contribution in [2.45, 2.75) is 19.5 Å². The van der Waals surface area contributed by atoms with Gasteiger partial charge < -0.3 is 19.7 Å². The molecule has 1 amide bonds. The summed E-state index contributed by atoms with van der Waals surface area (Å²) in [5, 5.41) is 3.03. The third-order valence-electron chi connectivity index (χ3n) is 5.12. The van der Waals surface area contributed by atoms with Crippen LogP contribution in [0, 0.1) is 0 Å². The molecule has 7 nitrogen and oxygen atoms in total. The number of nitrogens with zero attached hydrogens (tertiary/aromatic N) is 3. The Labute approximate surface area is 158 Å². The molecule has 2 aromatic rings. The molecule has 1 unspecified atom stereocenters. The van der Waals surface area contributed by atoms with Crippen LogP contribution < -0.4 is 19.7 Å². The van der Waals surface area contributed by atoms with Crippen LogP contribution in [0.2, 0.25) is 0 Å². The number of benzene rings is 1. The number of anilines is 1. The second-order valence-electron chi connectivity index (χ2n) is 6.79. The number of carbonyl (C=O) groups excluding carboxylic acids is 1. The molecule has 1 fully saturated rings. The Kier molecular flexibility index (Phi) is 5.11. The lowest BCUT2D eigenvalue weighted by atomic mass is 10.1. The van der Waals surface area contributed by atoms with Gasteiger partial charge in [-0.2, -0.15) is 0 Å². The molecule has 2 aliphatic rings. The molecule has 1 atom stereocenters. The van der Waals surface area contributed by atoms with Crippen molar-refractivity contribution < 1.29 is 14.3 Å². The first-order chi connectivity index (χ1) is 13.2. The zero-order valence-corrected chi connectivity index (χ0v) is 15.4. The van der Waals surface area contributed by atoms with Crippen molar-refractivity contribution in [1.29, 1.82) is 0 Å². The molecule has 1 saturated heterocycles. The Bertz CT molecular complexity index is 791. The van der Waals surface area contributed by atoms with Crippen LogP contribution >= 0.6 is 0 Å². The Hall–Kier alpha value is -2.80. The van der Waals surface area contributed by atoms with E-state index in [0.29, 0.717) is 6.54 Å². The van der Waals surface area contributed by atoms with Crippen molar-refractivity contribution in [2.75, 3.05) is 37.9 Å². The van der Waals surface area contributed by atoms with Gasteiger partial charge in [-0.25, -0.2) is 4.98 Å². The maximum absolute atomic E-state index is 12.6. The van der Waals surface area contributed by atoms with Gasteiger partial charge in [0.15, 0.2) is 11.5 Å². The number of aromatic nitrogens is 1. The minimum Gasteiger partial charge on any atom is -0.454 e. The first kappa shape index (κ1) is 17.6. The van der Waals surface area contributed by atoms with E-state index in [-0.39, 0.29) is 18.7 Å². The number of rotatable bonds is 5. The molecule has 4 rings (SSSR count). The highest BCUT2D eigenvalue weighted by Crippen LogP contribution is 2.32. The fourth-order valence-corrected chi connectivity index (χ4v) is 3.43. The number of fused-ring (bicyclic) bond motifs is 1. The molecule has 0 radical (unpaired) electrons. The van der Waals surface area contributed by atoms with Gasteiger partial charge in [-0.15, -0.1) is 0 Å². The quantitative estimate of drug-likeness (QED) is 0.865. The fourth-order valence-electron chi connectivity index (χ4n) is 3.43. The number of pyridine rings is 1. The third-order valence-corrected chi connectivity index (χ3v) is 5.12. The predicted molar refractivity (Wildman–Crippen MR) is 102 cm³/mol. The summed E-state index contributed by atoms with van der Waals surface area (Å²) in [5.41, 5.74) is 1.000. The summed E-state index contributed by atoms with van der Waals surface area (Å²) >= 11 is 0. The molecule has 2 aliphatic heterocycles. The summed E-state index contributed by atoms with van der Waals surface area (Å²) in [6, 6.07) is 11.5. The Morgan fingerprint density at radius 2 is 1.96 bits per heavy atom. The van der Waals surface area contributed by atoms with Crippen molar-refractivity contribution in [3.05, 3.63) is 48.2 Å². The number of hydrogen-bond donors (Lipinski definition) is 1. The van der Waals surface area contributed by atoms with E-state index < -0.39 is 0 Å². The molecule has 1 aromatic heterocycles. The van der Waals surface area contributed by atoms with E-state index in [9.17, 15) is 4.79 Å². The molecule has 1 N–H and O–H groups in total. The number of nitrogens with one attached hydrogen (secondary N) is 1. The second-order valence-corrected chi connectivity index (χ2v) is 6.79. The van der Waals surface area contributed by atoms with Crippen LogP contribution in [-0.2, 0) is 11.3 Å². The van der Waals surface area contributed by atoms with Crippen LogP contribution in [-0.4, -0.2) is 54.8 Å². The van der Waals surface area contributed by atoms with E-state index in [1.165, 1.54) is 0 Å². The fraction of sp³-hybridized carbons (Fsp3) is 0.400. The molecule has 3 heterocycles. The number of carbonyl (C=O) groups is 1. The largest absolute Gasteiger partial charge is 0.454 e. The highest BCUT2D eigenvalue weighted by molar-refractivity contribution is 5.81. The van der Waals surface area contributed by atoms with Gasteiger partial charge in [0, 0.05) is 38.9 Å². The highest BCUT2D eigenvalue weighted by atomic mass is 16.7. The molecule has 7 heteroatoms. The minimum absolute atomic E-state index is 0.0407. The molecule has 27 heavy (non-hydrogen) atoms. The van der Waals surface area contributed by atoms with Crippen molar-refractivity contribution in [1.82, 2.24) is 15.2 Å². The minimum atomic E-state index is -0.162. The van der Waals surface area contributed by atoms with E-state index in [0.717, 1.165) is 49.1 Å². The Balaban J connectivity index is 1.27. The van der Waals surface area contributed by atoms with Gasteiger partial charge in [-0.1, -0.05) is 12.1 Å². The summed E-state index contributed by atoms with van der Waals surface area (Å²) in [6.45, 7) is 6.13. The molecular formula is C20H24N4O3. The second kappa shape index (κ2) is 7.84. The molecular weight excluding hydrogens is 344 g/mol. The molecule has 0 spiro atoms. The van der Waals surface area contributed by atoms with Gasteiger partial charge in [0.05, 0.1) is 6.04 Å². The van der Waals surface area contributed by atoms with E-state index in [4.69, 9.17) is 9.47 Å². The molecule has 1 aromatic carbocycles. The van der Waals surface area contributed by atoms with Crippen molar-refractivity contribution in [3.63, 3.8) is 0 Å². The van der Waals surface area contributed by atoms with E-state index >= 15 is 0 Å². The van der Waals surface area contributed by atoms with Crippen LogP contribution in [0.1, 0.15) is 12.5 Å².